The van der Waals surface area contributed by atoms with Gasteiger partial charge in [-0.15, -0.1) is 0 Å². The highest BCUT2D eigenvalue weighted by atomic mass is 79.9. The molecule has 0 radical (unpaired) electrons. The number of rotatable bonds is 3. The maximum Gasteiger partial charge on any atom is 0.184 e. The van der Waals surface area contributed by atoms with E-state index < -0.39 is 5.92 Å². The minimum absolute atomic E-state index is 0.168. The molecular formula is C16H12BrNO. The summed E-state index contributed by atoms with van der Waals surface area (Å²) in [6, 6.07) is 16.7. The molecule has 0 aromatic heterocycles. The van der Waals surface area contributed by atoms with Gasteiger partial charge in [-0.1, -0.05) is 57.9 Å². The third-order valence-corrected chi connectivity index (χ3v) is 3.63. The molecule has 2 nitrogen and oxygen atoms in total. The van der Waals surface area contributed by atoms with Crippen molar-refractivity contribution >= 4 is 21.7 Å². The Morgan fingerprint density at radius 2 is 1.95 bits per heavy atom. The maximum absolute atomic E-state index is 12.4. The zero-order chi connectivity index (χ0) is 13.8. The summed E-state index contributed by atoms with van der Waals surface area (Å²) in [7, 11) is 0. The Kier molecular flexibility index (Phi) is 4.13. The van der Waals surface area contributed by atoms with Crippen LogP contribution in [0.5, 0.6) is 0 Å². The lowest BCUT2D eigenvalue weighted by atomic mass is 9.91. The van der Waals surface area contributed by atoms with Gasteiger partial charge in [0.15, 0.2) is 5.78 Å². The monoisotopic (exact) mass is 313 g/mol. The molecule has 0 aliphatic heterocycles. The third kappa shape index (κ3) is 2.91. The number of hydrogen-bond donors (Lipinski definition) is 0. The van der Waals surface area contributed by atoms with E-state index in [-0.39, 0.29) is 5.78 Å². The first-order chi connectivity index (χ1) is 9.13. The van der Waals surface area contributed by atoms with Crippen LogP contribution in [0.2, 0.25) is 0 Å². The van der Waals surface area contributed by atoms with E-state index in [1.165, 1.54) is 0 Å². The van der Waals surface area contributed by atoms with Gasteiger partial charge in [0.25, 0.3) is 0 Å². The van der Waals surface area contributed by atoms with Gasteiger partial charge in [-0.05, 0) is 24.6 Å². The maximum atomic E-state index is 12.4. The number of carbonyl (C=O) groups excluding carboxylic acids is 1. The first-order valence-corrected chi connectivity index (χ1v) is 6.67. The van der Waals surface area contributed by atoms with E-state index in [2.05, 4.69) is 22.0 Å². The number of carbonyl (C=O) groups is 1. The fraction of sp³-hybridized carbons (Fsp3) is 0.125. The molecular weight excluding hydrogens is 302 g/mol. The van der Waals surface area contributed by atoms with E-state index in [1.54, 1.807) is 12.1 Å². The van der Waals surface area contributed by atoms with Crippen LogP contribution in [0.15, 0.2) is 53.0 Å². The molecule has 2 aromatic carbocycles. The second-order valence-corrected chi connectivity index (χ2v) is 5.17. The molecule has 0 fully saturated rings. The predicted molar refractivity (Wildman–Crippen MR) is 78.0 cm³/mol. The number of nitrogens with zero attached hydrogens (tertiary/aromatic N) is 1. The van der Waals surface area contributed by atoms with Gasteiger partial charge in [0.1, 0.15) is 5.92 Å². The van der Waals surface area contributed by atoms with Crippen molar-refractivity contribution in [2.75, 3.05) is 0 Å². The van der Waals surface area contributed by atoms with Crippen molar-refractivity contribution in [2.45, 2.75) is 12.8 Å². The average molecular weight is 314 g/mol. The fourth-order valence-corrected chi connectivity index (χ4v) is 2.46. The smallest absolute Gasteiger partial charge is 0.184 e. The summed E-state index contributed by atoms with van der Waals surface area (Å²) in [6.45, 7) is 1.93. The van der Waals surface area contributed by atoms with Crippen LogP contribution in [0.4, 0.5) is 0 Å². The molecule has 0 spiro atoms. The van der Waals surface area contributed by atoms with Crippen molar-refractivity contribution in [1.82, 2.24) is 0 Å². The standard InChI is InChI=1S/C16H12BrNO/c1-11-5-4-6-12(9-11)16(19)14(10-18)13-7-2-3-8-15(13)17/h2-9,14H,1H3. The Balaban J connectivity index is 2.42. The van der Waals surface area contributed by atoms with Crippen molar-refractivity contribution in [3.63, 3.8) is 0 Å². The minimum Gasteiger partial charge on any atom is -0.292 e. The number of halogens is 1. The first-order valence-electron chi connectivity index (χ1n) is 5.88. The molecule has 0 saturated carbocycles. The molecule has 1 atom stereocenters. The van der Waals surface area contributed by atoms with Crippen LogP contribution in [0, 0.1) is 18.3 Å². The summed E-state index contributed by atoms with van der Waals surface area (Å²) in [4.78, 5) is 12.4. The van der Waals surface area contributed by atoms with Crippen LogP contribution in [0.3, 0.4) is 0 Å². The molecule has 0 bridgehead atoms. The highest BCUT2D eigenvalue weighted by molar-refractivity contribution is 9.10. The number of aryl methyl sites for hydroxylation is 1. The first kappa shape index (κ1) is 13.5. The lowest BCUT2D eigenvalue weighted by Crippen LogP contribution is -2.12. The number of nitriles is 1. The molecule has 0 saturated heterocycles. The molecule has 2 rings (SSSR count). The van der Waals surface area contributed by atoms with Gasteiger partial charge in [0.05, 0.1) is 6.07 Å². The largest absolute Gasteiger partial charge is 0.292 e. The van der Waals surface area contributed by atoms with Crippen LogP contribution in [0.1, 0.15) is 27.4 Å². The zero-order valence-corrected chi connectivity index (χ0v) is 12.0. The Hall–Kier alpha value is -1.92. The molecule has 0 aliphatic carbocycles. The molecule has 0 amide bonds. The van der Waals surface area contributed by atoms with Crippen LogP contribution in [0.25, 0.3) is 0 Å². The van der Waals surface area contributed by atoms with Gasteiger partial charge in [0, 0.05) is 10.0 Å². The van der Waals surface area contributed by atoms with Crippen molar-refractivity contribution in [3.05, 3.63) is 69.7 Å². The van der Waals surface area contributed by atoms with Crippen LogP contribution in [-0.2, 0) is 0 Å². The average Bonchev–Trinajstić information content (AvgIpc) is 2.41. The van der Waals surface area contributed by atoms with Gasteiger partial charge >= 0.3 is 0 Å². The van der Waals surface area contributed by atoms with E-state index in [0.29, 0.717) is 11.1 Å². The number of Topliss-reactive ketones (excluding diaryl/α,β-unsaturated/α-hetero) is 1. The quantitative estimate of drug-likeness (QED) is 0.795. The second kappa shape index (κ2) is 5.81. The summed E-state index contributed by atoms with van der Waals surface area (Å²) in [5.41, 5.74) is 2.29. The van der Waals surface area contributed by atoms with E-state index in [0.717, 1.165) is 10.0 Å². The van der Waals surface area contributed by atoms with Crippen molar-refractivity contribution in [3.8, 4) is 6.07 Å². The van der Waals surface area contributed by atoms with Crippen molar-refractivity contribution in [2.24, 2.45) is 0 Å². The van der Waals surface area contributed by atoms with Gasteiger partial charge < -0.3 is 0 Å². The molecule has 0 aliphatic rings. The minimum atomic E-state index is -0.780. The van der Waals surface area contributed by atoms with E-state index >= 15 is 0 Å². The van der Waals surface area contributed by atoms with Crippen molar-refractivity contribution < 1.29 is 4.79 Å². The highest BCUT2D eigenvalue weighted by Gasteiger charge is 2.23. The van der Waals surface area contributed by atoms with Crippen molar-refractivity contribution in [1.29, 1.82) is 5.26 Å². The molecule has 0 heterocycles. The summed E-state index contributed by atoms with van der Waals surface area (Å²) in [5, 5.41) is 9.31. The summed E-state index contributed by atoms with van der Waals surface area (Å²) >= 11 is 3.39. The zero-order valence-electron chi connectivity index (χ0n) is 10.4. The van der Waals surface area contributed by atoms with E-state index in [1.807, 2.05) is 43.3 Å². The third-order valence-electron chi connectivity index (χ3n) is 2.91. The Bertz CT molecular complexity index is 658. The van der Waals surface area contributed by atoms with Crippen LogP contribution >= 0.6 is 15.9 Å². The van der Waals surface area contributed by atoms with E-state index in [9.17, 15) is 10.1 Å². The van der Waals surface area contributed by atoms with Crippen LogP contribution < -0.4 is 0 Å². The summed E-state index contributed by atoms with van der Waals surface area (Å²) < 4.78 is 0.780. The van der Waals surface area contributed by atoms with E-state index in [4.69, 9.17) is 0 Å². The lowest BCUT2D eigenvalue weighted by Gasteiger charge is -2.11. The molecule has 19 heavy (non-hydrogen) atoms. The normalized spacial score (nSPS) is 11.6. The number of benzene rings is 2. The number of hydrogen-bond acceptors (Lipinski definition) is 2. The Morgan fingerprint density at radius 3 is 2.58 bits per heavy atom. The molecule has 1 unspecified atom stereocenters. The lowest BCUT2D eigenvalue weighted by molar-refractivity contribution is 0.0978. The van der Waals surface area contributed by atoms with Gasteiger partial charge in [-0.25, -0.2) is 0 Å². The van der Waals surface area contributed by atoms with Crippen LogP contribution in [-0.4, -0.2) is 5.78 Å². The second-order valence-electron chi connectivity index (χ2n) is 4.32. The Labute approximate surface area is 120 Å². The van der Waals surface area contributed by atoms with Gasteiger partial charge in [-0.2, -0.15) is 5.26 Å². The summed E-state index contributed by atoms with van der Waals surface area (Å²) in [6.07, 6.45) is 0. The van der Waals surface area contributed by atoms with Gasteiger partial charge in [-0.3, -0.25) is 4.79 Å². The summed E-state index contributed by atoms with van der Waals surface area (Å²) in [5.74, 6) is -0.949. The Morgan fingerprint density at radius 1 is 1.21 bits per heavy atom. The molecule has 0 N–H and O–H groups in total. The highest BCUT2D eigenvalue weighted by Crippen LogP contribution is 2.27. The predicted octanol–water partition coefficient (Wildman–Crippen LogP) is 4.25. The SMILES string of the molecule is Cc1cccc(C(=O)C(C#N)c2ccccc2Br)c1. The van der Waals surface area contributed by atoms with Gasteiger partial charge in [0.2, 0.25) is 0 Å². The topological polar surface area (TPSA) is 40.9 Å². The number of ketones is 1. The fourth-order valence-electron chi connectivity index (χ4n) is 1.94. The molecule has 94 valence electrons. The molecule has 2 aromatic rings. The molecule has 3 heteroatoms.